The lowest BCUT2D eigenvalue weighted by Gasteiger charge is -2.36. The molecule has 6 nitrogen and oxygen atoms in total. The zero-order valence-electron chi connectivity index (χ0n) is 9.69. The van der Waals surface area contributed by atoms with Crippen LogP contribution in [0.1, 0.15) is 32.6 Å². The summed E-state index contributed by atoms with van der Waals surface area (Å²) < 4.78 is 0. The van der Waals surface area contributed by atoms with Crippen LogP contribution in [0.4, 0.5) is 4.79 Å². The number of imide groups is 1. The summed E-state index contributed by atoms with van der Waals surface area (Å²) in [4.78, 5) is 35.1. The van der Waals surface area contributed by atoms with Crippen LogP contribution in [0.2, 0.25) is 0 Å². The van der Waals surface area contributed by atoms with Gasteiger partial charge in [0, 0.05) is 0 Å². The third-order valence-corrected chi connectivity index (χ3v) is 3.79. The number of urea groups is 1. The van der Waals surface area contributed by atoms with Gasteiger partial charge in [-0.15, -0.1) is 0 Å². The summed E-state index contributed by atoms with van der Waals surface area (Å²) in [6.45, 7) is 1.25. The maximum Gasteiger partial charge on any atom is 0.325 e. The van der Waals surface area contributed by atoms with E-state index in [0.717, 1.165) is 24.2 Å². The van der Waals surface area contributed by atoms with E-state index in [4.69, 9.17) is 0 Å². The Morgan fingerprint density at radius 2 is 2.24 bits per heavy atom. The predicted octanol–water partition coefficient (Wildman–Crippen LogP) is -0.763. The molecular weight excluding hydrogens is 224 g/mol. The number of carbonyl (C=O) groups is 3. The Hall–Kier alpha value is -1.59. The van der Waals surface area contributed by atoms with Crippen LogP contribution in [0, 0.1) is 5.92 Å². The Balaban J connectivity index is 2.24. The number of carbonyl (C=O) groups excluding carboxylic acids is 3. The second-order valence-corrected chi connectivity index (χ2v) is 4.81. The smallest absolute Gasteiger partial charge is 0.325 e. The molecule has 0 radical (unpaired) electrons. The number of amides is 3. The largest absolute Gasteiger partial charge is 0.548 e. The van der Waals surface area contributed by atoms with Crippen molar-refractivity contribution in [2.75, 3.05) is 6.54 Å². The van der Waals surface area contributed by atoms with E-state index >= 15 is 0 Å². The van der Waals surface area contributed by atoms with E-state index in [1.54, 1.807) is 0 Å². The van der Waals surface area contributed by atoms with Crippen molar-refractivity contribution in [3.63, 3.8) is 0 Å². The maximum absolute atomic E-state index is 12.2. The lowest BCUT2D eigenvalue weighted by atomic mass is 9.73. The molecular formula is C11H15N2O4-. The van der Waals surface area contributed by atoms with Crippen LogP contribution < -0.4 is 10.4 Å². The fraction of sp³-hybridized carbons (Fsp3) is 0.727. The summed E-state index contributed by atoms with van der Waals surface area (Å²) in [6, 6.07) is -0.618. The molecule has 1 spiro atoms. The number of carboxylic acid groups (broad SMARTS) is 1. The van der Waals surface area contributed by atoms with Gasteiger partial charge in [0.05, 0.1) is 12.5 Å². The molecule has 2 rings (SSSR count). The van der Waals surface area contributed by atoms with Gasteiger partial charge in [-0.1, -0.05) is 19.8 Å². The van der Waals surface area contributed by atoms with Crippen molar-refractivity contribution in [1.29, 1.82) is 0 Å². The summed E-state index contributed by atoms with van der Waals surface area (Å²) >= 11 is 0. The third kappa shape index (κ3) is 1.77. The predicted molar refractivity (Wildman–Crippen MR) is 55.6 cm³/mol. The average Bonchev–Trinajstić information content (AvgIpc) is 2.48. The maximum atomic E-state index is 12.2. The summed E-state index contributed by atoms with van der Waals surface area (Å²) in [7, 11) is 0. The van der Waals surface area contributed by atoms with Crippen molar-refractivity contribution in [2.24, 2.45) is 5.92 Å². The van der Waals surface area contributed by atoms with Crippen LogP contribution in [0.3, 0.4) is 0 Å². The topological polar surface area (TPSA) is 89.5 Å². The van der Waals surface area contributed by atoms with Gasteiger partial charge in [0.25, 0.3) is 5.91 Å². The molecule has 2 aliphatic rings. The molecule has 2 fully saturated rings. The zero-order chi connectivity index (χ0) is 12.6. The number of aliphatic carboxylic acids is 1. The van der Waals surface area contributed by atoms with Crippen LogP contribution in [0.15, 0.2) is 0 Å². The molecule has 0 aromatic rings. The Labute approximate surface area is 99.0 Å². The molecule has 1 N–H and O–H groups in total. The minimum absolute atomic E-state index is 0.0412. The SMILES string of the molecule is C[C@@H]1CCCC[C@]12NC(=O)N(CC(=O)[O-])C2=O. The summed E-state index contributed by atoms with van der Waals surface area (Å²) in [5.41, 5.74) is -0.884. The van der Waals surface area contributed by atoms with Gasteiger partial charge < -0.3 is 15.2 Å². The summed E-state index contributed by atoms with van der Waals surface area (Å²) in [5, 5.41) is 13.2. The molecule has 0 bridgehead atoms. The molecule has 1 heterocycles. The number of nitrogens with one attached hydrogen (secondary N) is 1. The highest BCUT2D eigenvalue weighted by Gasteiger charge is 2.54. The van der Waals surface area contributed by atoms with Gasteiger partial charge in [-0.2, -0.15) is 0 Å². The van der Waals surface area contributed by atoms with Gasteiger partial charge in [0.1, 0.15) is 5.54 Å². The Kier molecular flexibility index (Phi) is 2.81. The second-order valence-electron chi connectivity index (χ2n) is 4.81. The molecule has 94 valence electrons. The highest BCUT2D eigenvalue weighted by Crippen LogP contribution is 2.37. The highest BCUT2D eigenvalue weighted by atomic mass is 16.4. The van der Waals surface area contributed by atoms with E-state index in [-0.39, 0.29) is 5.92 Å². The molecule has 1 aliphatic carbocycles. The van der Waals surface area contributed by atoms with Crippen molar-refractivity contribution in [1.82, 2.24) is 10.2 Å². The summed E-state index contributed by atoms with van der Waals surface area (Å²) in [6.07, 6.45) is 3.36. The van der Waals surface area contributed by atoms with Gasteiger partial charge in [-0.25, -0.2) is 4.79 Å². The van der Waals surface area contributed by atoms with Crippen molar-refractivity contribution < 1.29 is 19.5 Å². The van der Waals surface area contributed by atoms with E-state index in [1.165, 1.54) is 0 Å². The Bertz CT molecular complexity index is 382. The van der Waals surface area contributed by atoms with Crippen molar-refractivity contribution in [2.45, 2.75) is 38.1 Å². The van der Waals surface area contributed by atoms with Crippen LogP contribution in [0.25, 0.3) is 0 Å². The van der Waals surface area contributed by atoms with Crippen LogP contribution in [0.5, 0.6) is 0 Å². The first-order valence-electron chi connectivity index (χ1n) is 5.81. The van der Waals surface area contributed by atoms with Crippen LogP contribution >= 0.6 is 0 Å². The van der Waals surface area contributed by atoms with E-state index in [9.17, 15) is 19.5 Å². The molecule has 1 aliphatic heterocycles. The second kappa shape index (κ2) is 4.01. The van der Waals surface area contributed by atoms with Crippen molar-refractivity contribution >= 4 is 17.9 Å². The van der Waals surface area contributed by atoms with Crippen LogP contribution in [-0.2, 0) is 9.59 Å². The number of hydrogen-bond donors (Lipinski definition) is 1. The molecule has 2 atom stereocenters. The fourth-order valence-electron chi connectivity index (χ4n) is 2.77. The molecule has 0 aromatic heterocycles. The lowest BCUT2D eigenvalue weighted by molar-refractivity contribution is -0.305. The van der Waals surface area contributed by atoms with E-state index in [2.05, 4.69) is 5.32 Å². The van der Waals surface area contributed by atoms with E-state index in [1.807, 2.05) is 6.92 Å². The number of rotatable bonds is 2. The molecule has 3 amide bonds. The molecule has 17 heavy (non-hydrogen) atoms. The van der Waals surface area contributed by atoms with Gasteiger partial charge in [-0.3, -0.25) is 9.69 Å². The molecule has 1 saturated heterocycles. The number of hydrogen-bond acceptors (Lipinski definition) is 4. The first-order valence-corrected chi connectivity index (χ1v) is 5.81. The Morgan fingerprint density at radius 3 is 2.82 bits per heavy atom. The van der Waals surface area contributed by atoms with Gasteiger partial charge in [0.15, 0.2) is 0 Å². The highest BCUT2D eigenvalue weighted by molar-refractivity contribution is 6.08. The first-order chi connectivity index (χ1) is 7.97. The van der Waals surface area contributed by atoms with Crippen LogP contribution in [-0.4, -0.2) is 34.9 Å². The lowest BCUT2D eigenvalue weighted by Crippen LogP contribution is -2.54. The first kappa shape index (κ1) is 11.9. The van der Waals surface area contributed by atoms with Gasteiger partial charge in [0.2, 0.25) is 0 Å². The van der Waals surface area contributed by atoms with E-state index < -0.39 is 30.0 Å². The third-order valence-electron chi connectivity index (χ3n) is 3.79. The van der Waals surface area contributed by atoms with Crippen molar-refractivity contribution in [3.8, 4) is 0 Å². The van der Waals surface area contributed by atoms with Gasteiger partial charge in [-0.05, 0) is 18.8 Å². The minimum atomic E-state index is -1.42. The Morgan fingerprint density at radius 1 is 1.53 bits per heavy atom. The normalized spacial score (nSPS) is 33.0. The standard InChI is InChI=1S/C11H16N2O4/c1-7-4-2-3-5-11(7)9(16)13(6-8(14)15)10(17)12-11/h7H,2-6H2,1H3,(H,12,17)(H,14,15)/p-1/t7-,11+/m1/s1. The number of nitrogens with zero attached hydrogens (tertiary/aromatic N) is 1. The average molecular weight is 239 g/mol. The molecule has 6 heteroatoms. The molecule has 1 saturated carbocycles. The molecule has 0 unspecified atom stereocenters. The minimum Gasteiger partial charge on any atom is -0.548 e. The zero-order valence-corrected chi connectivity index (χ0v) is 9.69. The van der Waals surface area contributed by atoms with Crippen molar-refractivity contribution in [3.05, 3.63) is 0 Å². The monoisotopic (exact) mass is 239 g/mol. The summed E-state index contributed by atoms with van der Waals surface area (Å²) in [5.74, 6) is -1.80. The fourth-order valence-corrected chi connectivity index (χ4v) is 2.77. The number of carboxylic acids is 1. The van der Waals surface area contributed by atoms with E-state index in [0.29, 0.717) is 6.42 Å². The molecule has 0 aromatic carbocycles. The van der Waals surface area contributed by atoms with Gasteiger partial charge >= 0.3 is 6.03 Å². The quantitative estimate of drug-likeness (QED) is 0.641.